The molecule has 1 aromatic carbocycles. The number of benzene rings is 1. The van der Waals surface area contributed by atoms with Crippen LogP contribution in [0, 0.1) is 5.92 Å². The van der Waals surface area contributed by atoms with Crippen LogP contribution in [0.3, 0.4) is 0 Å². The van der Waals surface area contributed by atoms with Gasteiger partial charge in [-0.15, -0.1) is 0 Å². The quantitative estimate of drug-likeness (QED) is 0.643. The van der Waals surface area contributed by atoms with Gasteiger partial charge in [-0.1, -0.05) is 51.7 Å². The molecule has 1 amide bonds. The average Bonchev–Trinajstić information content (AvgIpc) is 2.41. The largest absolute Gasteiger partial charge is 0.366 e. The Kier molecular flexibility index (Phi) is 7.97. The number of hydrogen-bond acceptors (Lipinski definition) is 2. The lowest BCUT2D eigenvalue weighted by atomic mass is 10.0. The molecule has 0 aliphatic carbocycles. The second-order valence-corrected chi connectivity index (χ2v) is 5.84. The number of hydrogen-bond donors (Lipinski definition) is 2. The van der Waals surface area contributed by atoms with Crippen molar-refractivity contribution < 1.29 is 4.79 Å². The predicted molar refractivity (Wildman–Crippen MR) is 84.6 cm³/mol. The van der Waals surface area contributed by atoms with Gasteiger partial charge in [0.2, 0.25) is 5.91 Å². The van der Waals surface area contributed by atoms with Crippen LogP contribution in [0.25, 0.3) is 0 Å². The molecule has 3 heteroatoms. The summed E-state index contributed by atoms with van der Waals surface area (Å²) in [6.45, 7) is 6.39. The minimum Gasteiger partial charge on any atom is -0.366 e. The lowest BCUT2D eigenvalue weighted by molar-refractivity contribution is 0.1000. The fourth-order valence-corrected chi connectivity index (χ4v) is 2.22. The van der Waals surface area contributed by atoms with Crippen molar-refractivity contribution in [1.29, 1.82) is 0 Å². The van der Waals surface area contributed by atoms with E-state index in [4.69, 9.17) is 5.73 Å². The number of nitrogens with two attached hydrogens (primary N) is 1. The summed E-state index contributed by atoms with van der Waals surface area (Å²) in [4.78, 5) is 11.1. The molecule has 3 nitrogen and oxygen atoms in total. The Morgan fingerprint density at radius 1 is 1.20 bits per heavy atom. The Bertz CT molecular complexity index is 402. The first-order chi connectivity index (χ1) is 9.59. The van der Waals surface area contributed by atoms with Gasteiger partial charge in [-0.2, -0.15) is 0 Å². The summed E-state index contributed by atoms with van der Waals surface area (Å²) < 4.78 is 0. The van der Waals surface area contributed by atoms with E-state index in [0.29, 0.717) is 5.56 Å². The number of rotatable bonds is 10. The molecule has 0 aromatic heterocycles. The van der Waals surface area contributed by atoms with Gasteiger partial charge in [0.1, 0.15) is 0 Å². The summed E-state index contributed by atoms with van der Waals surface area (Å²) in [5.74, 6) is 0.461. The van der Waals surface area contributed by atoms with Crippen molar-refractivity contribution in [2.75, 3.05) is 6.54 Å². The molecule has 1 aromatic rings. The standard InChI is InChI=1S/C17H28N2O/c1-14(2)8-5-3-4-6-11-19-13-15-9-7-10-16(12-15)17(18)20/h7,9-10,12,14,19H,3-6,8,11,13H2,1-2H3,(H2,18,20). The van der Waals surface area contributed by atoms with Crippen molar-refractivity contribution in [3.05, 3.63) is 35.4 Å². The van der Waals surface area contributed by atoms with Crippen LogP contribution in [-0.4, -0.2) is 12.5 Å². The van der Waals surface area contributed by atoms with E-state index in [1.165, 1.54) is 32.1 Å². The molecule has 20 heavy (non-hydrogen) atoms. The highest BCUT2D eigenvalue weighted by molar-refractivity contribution is 5.92. The number of carbonyl (C=O) groups excluding carboxylic acids is 1. The van der Waals surface area contributed by atoms with Crippen LogP contribution in [-0.2, 0) is 6.54 Å². The fraction of sp³-hybridized carbons (Fsp3) is 0.588. The maximum absolute atomic E-state index is 11.1. The second-order valence-electron chi connectivity index (χ2n) is 5.84. The third-order valence-corrected chi connectivity index (χ3v) is 3.43. The van der Waals surface area contributed by atoms with Gasteiger partial charge >= 0.3 is 0 Å². The normalized spacial score (nSPS) is 10.9. The van der Waals surface area contributed by atoms with Gasteiger partial charge in [0, 0.05) is 12.1 Å². The van der Waals surface area contributed by atoms with E-state index in [0.717, 1.165) is 24.6 Å². The third kappa shape index (κ3) is 7.29. The van der Waals surface area contributed by atoms with Crippen LogP contribution in [0.2, 0.25) is 0 Å². The van der Waals surface area contributed by atoms with Crippen molar-refractivity contribution in [1.82, 2.24) is 5.32 Å². The summed E-state index contributed by atoms with van der Waals surface area (Å²) in [6.07, 6.45) is 6.53. The lowest BCUT2D eigenvalue weighted by Crippen LogP contribution is -2.16. The summed E-state index contributed by atoms with van der Waals surface area (Å²) in [7, 11) is 0. The van der Waals surface area contributed by atoms with Gasteiger partial charge in [-0.05, 0) is 36.6 Å². The fourth-order valence-electron chi connectivity index (χ4n) is 2.22. The van der Waals surface area contributed by atoms with Crippen LogP contribution in [0.1, 0.15) is 61.9 Å². The maximum atomic E-state index is 11.1. The van der Waals surface area contributed by atoms with Gasteiger partial charge in [-0.25, -0.2) is 0 Å². The van der Waals surface area contributed by atoms with E-state index >= 15 is 0 Å². The average molecular weight is 276 g/mol. The zero-order valence-electron chi connectivity index (χ0n) is 12.8. The molecule has 0 aliphatic heterocycles. The molecule has 0 saturated heterocycles. The van der Waals surface area contributed by atoms with Crippen molar-refractivity contribution in [3.8, 4) is 0 Å². The first kappa shape index (κ1) is 16.7. The zero-order valence-corrected chi connectivity index (χ0v) is 12.8. The Labute approximate surface area is 122 Å². The van der Waals surface area contributed by atoms with E-state index in [1.807, 2.05) is 18.2 Å². The van der Waals surface area contributed by atoms with Gasteiger partial charge in [0.05, 0.1) is 0 Å². The van der Waals surface area contributed by atoms with E-state index in [2.05, 4.69) is 19.2 Å². The highest BCUT2D eigenvalue weighted by Crippen LogP contribution is 2.09. The molecule has 0 radical (unpaired) electrons. The maximum Gasteiger partial charge on any atom is 0.248 e. The van der Waals surface area contributed by atoms with E-state index in [1.54, 1.807) is 6.07 Å². The van der Waals surface area contributed by atoms with Crippen LogP contribution < -0.4 is 11.1 Å². The molecular weight excluding hydrogens is 248 g/mol. The summed E-state index contributed by atoms with van der Waals surface area (Å²) in [5, 5.41) is 3.42. The van der Waals surface area contributed by atoms with E-state index < -0.39 is 0 Å². The van der Waals surface area contributed by atoms with Gasteiger partial charge in [-0.3, -0.25) is 4.79 Å². The van der Waals surface area contributed by atoms with Crippen molar-refractivity contribution in [2.45, 2.75) is 52.5 Å². The Morgan fingerprint density at radius 2 is 1.95 bits per heavy atom. The topological polar surface area (TPSA) is 55.1 Å². The SMILES string of the molecule is CC(C)CCCCCCNCc1cccc(C(N)=O)c1. The molecule has 0 atom stereocenters. The van der Waals surface area contributed by atoms with E-state index in [-0.39, 0.29) is 5.91 Å². The minimum absolute atomic E-state index is 0.364. The first-order valence-corrected chi connectivity index (χ1v) is 7.69. The first-order valence-electron chi connectivity index (χ1n) is 7.69. The van der Waals surface area contributed by atoms with Crippen LogP contribution in [0.5, 0.6) is 0 Å². The lowest BCUT2D eigenvalue weighted by Gasteiger charge is -2.07. The Balaban J connectivity index is 2.09. The molecule has 0 heterocycles. The van der Waals surface area contributed by atoms with Crippen LogP contribution in [0.4, 0.5) is 0 Å². The second kappa shape index (κ2) is 9.54. The molecule has 112 valence electrons. The number of nitrogens with one attached hydrogen (secondary N) is 1. The monoisotopic (exact) mass is 276 g/mol. The molecular formula is C17H28N2O. The smallest absolute Gasteiger partial charge is 0.248 e. The number of amides is 1. The number of primary amides is 1. The van der Waals surface area contributed by atoms with E-state index in [9.17, 15) is 4.79 Å². The summed E-state index contributed by atoms with van der Waals surface area (Å²) in [5.41, 5.74) is 6.96. The summed E-state index contributed by atoms with van der Waals surface area (Å²) in [6, 6.07) is 7.50. The van der Waals surface area contributed by atoms with Crippen molar-refractivity contribution in [2.24, 2.45) is 11.7 Å². The highest BCUT2D eigenvalue weighted by atomic mass is 16.1. The molecule has 0 bridgehead atoms. The highest BCUT2D eigenvalue weighted by Gasteiger charge is 2.00. The minimum atomic E-state index is -0.364. The van der Waals surface area contributed by atoms with Crippen molar-refractivity contribution in [3.63, 3.8) is 0 Å². The predicted octanol–water partition coefficient (Wildman–Crippen LogP) is 3.48. The van der Waals surface area contributed by atoms with Gasteiger partial charge in [0.15, 0.2) is 0 Å². The van der Waals surface area contributed by atoms with Gasteiger partial charge in [0.25, 0.3) is 0 Å². The number of carbonyl (C=O) groups is 1. The van der Waals surface area contributed by atoms with Crippen LogP contribution in [0.15, 0.2) is 24.3 Å². The Hall–Kier alpha value is -1.35. The van der Waals surface area contributed by atoms with Crippen molar-refractivity contribution >= 4 is 5.91 Å². The molecule has 1 rings (SSSR count). The molecule has 3 N–H and O–H groups in total. The zero-order chi connectivity index (χ0) is 14.8. The molecule has 0 fully saturated rings. The molecule has 0 unspecified atom stereocenters. The third-order valence-electron chi connectivity index (χ3n) is 3.43. The Morgan fingerprint density at radius 3 is 2.65 bits per heavy atom. The molecule has 0 aliphatic rings. The summed E-state index contributed by atoms with van der Waals surface area (Å²) >= 11 is 0. The van der Waals surface area contributed by atoms with Gasteiger partial charge < -0.3 is 11.1 Å². The molecule has 0 saturated carbocycles. The molecule has 0 spiro atoms. The number of unbranched alkanes of at least 4 members (excludes halogenated alkanes) is 3. The van der Waals surface area contributed by atoms with Crippen LogP contribution >= 0.6 is 0 Å².